The Morgan fingerprint density at radius 2 is 1.80 bits per heavy atom. The predicted molar refractivity (Wildman–Crippen MR) is 90.4 cm³/mol. The SMILES string of the molecule is COC(=O)[C@@H]1CN(S(=O)(=O)c2ccc(OC)cc2)c2ccccc2O1. The van der Waals surface area contributed by atoms with Crippen LogP contribution in [-0.2, 0) is 19.6 Å². The number of fused-ring (bicyclic) bond motifs is 1. The zero-order valence-electron chi connectivity index (χ0n) is 13.7. The summed E-state index contributed by atoms with van der Waals surface area (Å²) in [6.45, 7) is -0.169. The van der Waals surface area contributed by atoms with E-state index in [1.165, 1.54) is 26.4 Å². The van der Waals surface area contributed by atoms with Crippen LogP contribution in [-0.4, -0.2) is 41.3 Å². The number of hydrogen-bond acceptors (Lipinski definition) is 6. The average Bonchev–Trinajstić information content (AvgIpc) is 2.66. The molecule has 0 amide bonds. The molecular weight excluding hydrogens is 346 g/mol. The molecule has 0 radical (unpaired) electrons. The lowest BCUT2D eigenvalue weighted by molar-refractivity contribution is -0.148. The van der Waals surface area contributed by atoms with Crippen LogP contribution >= 0.6 is 0 Å². The number of nitrogens with zero attached hydrogens (tertiary/aromatic N) is 1. The molecule has 0 unspecified atom stereocenters. The molecule has 0 saturated heterocycles. The van der Waals surface area contributed by atoms with Gasteiger partial charge in [-0.3, -0.25) is 4.31 Å². The van der Waals surface area contributed by atoms with Crippen LogP contribution in [0.4, 0.5) is 5.69 Å². The predicted octanol–water partition coefficient (Wildman–Crippen LogP) is 1.82. The maximum Gasteiger partial charge on any atom is 0.348 e. The Morgan fingerprint density at radius 1 is 1.12 bits per heavy atom. The molecule has 0 bridgehead atoms. The highest BCUT2D eigenvalue weighted by molar-refractivity contribution is 7.92. The lowest BCUT2D eigenvalue weighted by Gasteiger charge is -2.34. The summed E-state index contributed by atoms with van der Waals surface area (Å²) in [4.78, 5) is 12.0. The van der Waals surface area contributed by atoms with Crippen molar-refractivity contribution < 1.29 is 27.4 Å². The molecular formula is C17H17NO6S. The van der Waals surface area contributed by atoms with Gasteiger partial charge in [-0.1, -0.05) is 12.1 Å². The molecule has 2 aromatic carbocycles. The van der Waals surface area contributed by atoms with Crippen molar-refractivity contribution in [1.82, 2.24) is 0 Å². The molecule has 0 fully saturated rings. The van der Waals surface area contributed by atoms with E-state index in [-0.39, 0.29) is 11.4 Å². The summed E-state index contributed by atoms with van der Waals surface area (Å²) in [7, 11) is -1.15. The van der Waals surface area contributed by atoms with Crippen molar-refractivity contribution in [3.05, 3.63) is 48.5 Å². The molecule has 1 heterocycles. The standard InChI is InChI=1S/C17H17NO6S/c1-22-12-7-9-13(10-8-12)25(20,21)18-11-16(17(19)23-2)24-15-6-4-3-5-14(15)18/h3-10,16H,11H2,1-2H3/t16-/m0/s1. The molecule has 3 rings (SSSR count). The Balaban J connectivity index is 2.05. The first-order chi connectivity index (χ1) is 12.0. The summed E-state index contributed by atoms with van der Waals surface area (Å²) in [5, 5.41) is 0. The van der Waals surface area contributed by atoms with Crippen LogP contribution in [0.5, 0.6) is 11.5 Å². The Bertz CT molecular complexity index is 878. The van der Waals surface area contributed by atoms with Gasteiger partial charge in [0.2, 0.25) is 6.10 Å². The van der Waals surface area contributed by atoms with Crippen molar-refractivity contribution >= 4 is 21.7 Å². The fourth-order valence-corrected chi connectivity index (χ4v) is 4.03. The Labute approximate surface area is 145 Å². The number of esters is 1. The molecule has 0 N–H and O–H groups in total. The van der Waals surface area contributed by atoms with E-state index in [9.17, 15) is 13.2 Å². The zero-order valence-corrected chi connectivity index (χ0v) is 14.5. The highest BCUT2D eigenvalue weighted by atomic mass is 32.2. The second-order valence-corrected chi connectivity index (χ2v) is 7.17. The van der Waals surface area contributed by atoms with Gasteiger partial charge in [-0.15, -0.1) is 0 Å². The Kier molecular flexibility index (Phi) is 4.54. The number of methoxy groups -OCH3 is 2. The number of para-hydroxylation sites is 2. The number of benzene rings is 2. The summed E-state index contributed by atoms with van der Waals surface area (Å²) < 4.78 is 42.7. The molecule has 0 saturated carbocycles. The number of ether oxygens (including phenoxy) is 3. The molecule has 1 aliphatic rings. The molecule has 25 heavy (non-hydrogen) atoms. The van der Waals surface area contributed by atoms with Crippen molar-refractivity contribution in [1.29, 1.82) is 0 Å². The van der Waals surface area contributed by atoms with E-state index >= 15 is 0 Å². The van der Waals surface area contributed by atoms with Gasteiger partial charge in [0.1, 0.15) is 11.5 Å². The highest BCUT2D eigenvalue weighted by Gasteiger charge is 2.37. The van der Waals surface area contributed by atoms with Crippen LogP contribution in [0.15, 0.2) is 53.4 Å². The summed E-state index contributed by atoms with van der Waals surface area (Å²) in [5.41, 5.74) is 0.374. The Morgan fingerprint density at radius 3 is 2.44 bits per heavy atom. The van der Waals surface area contributed by atoms with Crippen LogP contribution in [0.3, 0.4) is 0 Å². The van der Waals surface area contributed by atoms with Gasteiger partial charge in [0.15, 0.2) is 0 Å². The summed E-state index contributed by atoms with van der Waals surface area (Å²) in [6.07, 6.45) is -1.03. The van der Waals surface area contributed by atoms with Crippen molar-refractivity contribution in [2.75, 3.05) is 25.1 Å². The minimum Gasteiger partial charge on any atom is -0.497 e. The largest absolute Gasteiger partial charge is 0.497 e. The van der Waals surface area contributed by atoms with Gasteiger partial charge in [-0.05, 0) is 36.4 Å². The topological polar surface area (TPSA) is 82.1 Å². The summed E-state index contributed by atoms with van der Waals surface area (Å²) in [6, 6.07) is 12.7. The lowest BCUT2D eigenvalue weighted by Crippen LogP contribution is -2.47. The van der Waals surface area contributed by atoms with Gasteiger partial charge in [0.25, 0.3) is 10.0 Å². The summed E-state index contributed by atoms with van der Waals surface area (Å²) >= 11 is 0. The molecule has 0 aliphatic carbocycles. The average molecular weight is 363 g/mol. The Hall–Kier alpha value is -2.74. The van der Waals surface area contributed by atoms with Crippen LogP contribution in [0.2, 0.25) is 0 Å². The van der Waals surface area contributed by atoms with E-state index in [2.05, 4.69) is 0 Å². The number of rotatable bonds is 4. The molecule has 7 nitrogen and oxygen atoms in total. The van der Waals surface area contributed by atoms with Crippen LogP contribution in [0.25, 0.3) is 0 Å². The van der Waals surface area contributed by atoms with E-state index in [0.717, 1.165) is 4.31 Å². The maximum absolute atomic E-state index is 13.1. The number of hydrogen-bond donors (Lipinski definition) is 0. The first-order valence-corrected chi connectivity index (χ1v) is 8.91. The molecule has 8 heteroatoms. The number of anilines is 1. The van der Waals surface area contributed by atoms with Gasteiger partial charge in [0, 0.05) is 0 Å². The minimum atomic E-state index is -3.89. The van der Waals surface area contributed by atoms with Gasteiger partial charge in [-0.2, -0.15) is 0 Å². The molecule has 132 valence electrons. The van der Waals surface area contributed by atoms with Crippen LogP contribution < -0.4 is 13.8 Å². The zero-order chi connectivity index (χ0) is 18.0. The van der Waals surface area contributed by atoms with Gasteiger partial charge in [-0.25, -0.2) is 13.2 Å². The molecule has 0 spiro atoms. The normalized spacial score (nSPS) is 16.6. The lowest BCUT2D eigenvalue weighted by atomic mass is 10.2. The molecule has 0 aromatic heterocycles. The van der Waals surface area contributed by atoms with E-state index < -0.39 is 22.1 Å². The third kappa shape index (κ3) is 3.12. The monoisotopic (exact) mass is 363 g/mol. The third-order valence-electron chi connectivity index (χ3n) is 3.85. The van der Waals surface area contributed by atoms with Crippen molar-refractivity contribution in [3.63, 3.8) is 0 Å². The minimum absolute atomic E-state index is 0.0913. The summed E-state index contributed by atoms with van der Waals surface area (Å²) in [5.74, 6) is 0.222. The van der Waals surface area contributed by atoms with Crippen LogP contribution in [0.1, 0.15) is 0 Å². The second kappa shape index (κ2) is 6.64. The second-order valence-electron chi connectivity index (χ2n) is 5.31. The number of sulfonamides is 1. The fourth-order valence-electron chi connectivity index (χ4n) is 2.56. The van der Waals surface area contributed by atoms with E-state index in [1.54, 1.807) is 36.4 Å². The molecule has 2 aromatic rings. The molecule has 1 atom stereocenters. The van der Waals surface area contributed by atoms with Gasteiger partial charge < -0.3 is 14.2 Å². The first-order valence-electron chi connectivity index (χ1n) is 7.47. The van der Waals surface area contributed by atoms with E-state index in [4.69, 9.17) is 14.2 Å². The van der Waals surface area contributed by atoms with E-state index in [0.29, 0.717) is 17.2 Å². The van der Waals surface area contributed by atoms with E-state index in [1.807, 2.05) is 0 Å². The number of carbonyl (C=O) groups excluding carboxylic acids is 1. The van der Waals surface area contributed by atoms with Crippen molar-refractivity contribution in [3.8, 4) is 11.5 Å². The van der Waals surface area contributed by atoms with Crippen molar-refractivity contribution in [2.24, 2.45) is 0 Å². The number of carbonyl (C=O) groups is 1. The van der Waals surface area contributed by atoms with Gasteiger partial charge in [0.05, 0.1) is 31.3 Å². The van der Waals surface area contributed by atoms with Crippen molar-refractivity contribution in [2.45, 2.75) is 11.0 Å². The molecule has 1 aliphatic heterocycles. The quantitative estimate of drug-likeness (QED) is 0.771. The van der Waals surface area contributed by atoms with Crippen LogP contribution in [0, 0.1) is 0 Å². The third-order valence-corrected chi connectivity index (χ3v) is 5.64. The smallest absolute Gasteiger partial charge is 0.348 e. The fraction of sp³-hybridized carbons (Fsp3) is 0.235. The van der Waals surface area contributed by atoms with Gasteiger partial charge >= 0.3 is 5.97 Å². The maximum atomic E-state index is 13.1. The highest BCUT2D eigenvalue weighted by Crippen LogP contribution is 2.37. The first kappa shape index (κ1) is 17.1.